The molecule has 160 valence electrons. The second-order valence-electron chi connectivity index (χ2n) is 7.07. The van der Waals surface area contributed by atoms with Crippen molar-refractivity contribution in [2.24, 2.45) is 0 Å². The second kappa shape index (κ2) is 8.86. The molecule has 0 bridgehead atoms. The molecule has 0 aliphatic rings. The molecule has 0 saturated heterocycles. The summed E-state index contributed by atoms with van der Waals surface area (Å²) in [6, 6.07) is 27.5. The Morgan fingerprint density at radius 2 is 1.25 bits per heavy atom. The van der Waals surface area contributed by atoms with E-state index in [1.807, 2.05) is 30.3 Å². The van der Waals surface area contributed by atoms with E-state index in [0.29, 0.717) is 10.6 Å². The number of anilines is 1. The number of carbonyl (C=O) groups is 1. The molecule has 0 aliphatic carbocycles. The highest BCUT2D eigenvalue weighted by molar-refractivity contribution is 7.92. The first kappa shape index (κ1) is 21.6. The Kier molecular flexibility index (Phi) is 5.99. The molecule has 0 heterocycles. The molecule has 0 spiro atoms. The number of nitrogens with one attached hydrogen (secondary N) is 1. The van der Waals surface area contributed by atoms with Gasteiger partial charge in [-0.3, -0.25) is 4.72 Å². The molecule has 2 N–H and O–H groups in total. The number of benzene rings is 4. The van der Waals surface area contributed by atoms with Crippen molar-refractivity contribution in [3.63, 3.8) is 0 Å². The predicted molar refractivity (Wildman–Crippen MR) is 127 cm³/mol. The van der Waals surface area contributed by atoms with Crippen molar-refractivity contribution < 1.29 is 18.3 Å². The van der Waals surface area contributed by atoms with Gasteiger partial charge in [0.15, 0.2) is 0 Å². The summed E-state index contributed by atoms with van der Waals surface area (Å²) in [5.74, 6) is -1.23. The summed E-state index contributed by atoms with van der Waals surface area (Å²) in [7, 11) is -4.01. The molecule has 0 aliphatic heterocycles. The average Bonchev–Trinajstić information content (AvgIpc) is 2.80. The van der Waals surface area contributed by atoms with Crippen LogP contribution in [0.2, 0.25) is 5.02 Å². The van der Waals surface area contributed by atoms with Gasteiger partial charge >= 0.3 is 5.97 Å². The van der Waals surface area contributed by atoms with E-state index < -0.39 is 16.0 Å². The van der Waals surface area contributed by atoms with E-state index in [0.717, 1.165) is 16.7 Å². The van der Waals surface area contributed by atoms with Crippen molar-refractivity contribution in [3.8, 4) is 22.3 Å². The first-order chi connectivity index (χ1) is 15.3. The molecule has 4 rings (SSSR count). The number of hydrogen-bond donors (Lipinski definition) is 2. The molecule has 0 amide bonds. The van der Waals surface area contributed by atoms with Crippen LogP contribution in [0.1, 0.15) is 10.4 Å². The van der Waals surface area contributed by atoms with E-state index in [1.165, 1.54) is 24.3 Å². The Morgan fingerprint density at radius 1 is 0.719 bits per heavy atom. The minimum Gasteiger partial charge on any atom is -0.478 e. The largest absolute Gasteiger partial charge is 0.478 e. The van der Waals surface area contributed by atoms with Crippen molar-refractivity contribution in [1.29, 1.82) is 0 Å². The predicted octanol–water partition coefficient (Wildman–Crippen LogP) is 6.17. The summed E-state index contributed by atoms with van der Waals surface area (Å²) in [6.07, 6.45) is 0. The van der Waals surface area contributed by atoms with Crippen molar-refractivity contribution in [3.05, 3.63) is 108 Å². The van der Waals surface area contributed by atoms with Crippen LogP contribution < -0.4 is 4.72 Å². The minimum atomic E-state index is -4.01. The average molecular weight is 464 g/mol. The van der Waals surface area contributed by atoms with Crippen LogP contribution in [-0.2, 0) is 10.0 Å². The van der Waals surface area contributed by atoms with Gasteiger partial charge in [0, 0.05) is 5.02 Å². The molecular weight excluding hydrogens is 446 g/mol. The number of aromatic carboxylic acids is 1. The Labute approximate surface area is 191 Å². The van der Waals surface area contributed by atoms with Gasteiger partial charge in [0.1, 0.15) is 0 Å². The van der Waals surface area contributed by atoms with E-state index in [9.17, 15) is 18.3 Å². The summed E-state index contributed by atoms with van der Waals surface area (Å²) < 4.78 is 28.4. The van der Waals surface area contributed by atoms with Gasteiger partial charge in [-0.05, 0) is 58.7 Å². The first-order valence-corrected chi connectivity index (χ1v) is 11.5. The lowest BCUT2D eigenvalue weighted by Crippen LogP contribution is -2.15. The summed E-state index contributed by atoms with van der Waals surface area (Å²) in [5.41, 5.74) is 3.11. The molecule has 0 saturated carbocycles. The van der Waals surface area contributed by atoms with E-state index in [4.69, 9.17) is 11.6 Å². The molecule has 0 fully saturated rings. The van der Waals surface area contributed by atoms with Crippen LogP contribution >= 0.6 is 11.6 Å². The fourth-order valence-electron chi connectivity index (χ4n) is 3.30. The molecule has 0 radical (unpaired) electrons. The van der Waals surface area contributed by atoms with Crippen molar-refractivity contribution in [2.75, 3.05) is 4.72 Å². The zero-order chi connectivity index (χ0) is 22.7. The molecule has 5 nitrogen and oxygen atoms in total. The number of carboxylic acids is 1. The van der Waals surface area contributed by atoms with Crippen molar-refractivity contribution in [2.45, 2.75) is 4.90 Å². The number of carboxylic acid groups (broad SMARTS) is 1. The van der Waals surface area contributed by atoms with Gasteiger partial charge < -0.3 is 5.11 Å². The van der Waals surface area contributed by atoms with Crippen LogP contribution in [0, 0.1) is 0 Å². The minimum absolute atomic E-state index is 0.0166. The third-order valence-electron chi connectivity index (χ3n) is 4.94. The standard InChI is InChI=1S/C25H18ClNO4S/c26-21-11-6-19(7-12-21)20-10-15-23(25(28)29)24(16-20)27-32(30,31)22-13-8-18(9-14-22)17-4-2-1-3-5-17/h1-16,27H,(H,28,29). The van der Waals surface area contributed by atoms with E-state index in [2.05, 4.69) is 4.72 Å². The molecule has 7 heteroatoms. The lowest BCUT2D eigenvalue weighted by atomic mass is 10.0. The number of halogens is 1. The fraction of sp³-hybridized carbons (Fsp3) is 0. The lowest BCUT2D eigenvalue weighted by Gasteiger charge is -2.13. The molecule has 0 atom stereocenters. The topological polar surface area (TPSA) is 83.5 Å². The number of rotatable bonds is 6. The summed E-state index contributed by atoms with van der Waals surface area (Å²) in [4.78, 5) is 11.7. The van der Waals surface area contributed by atoms with Crippen LogP contribution in [0.25, 0.3) is 22.3 Å². The van der Waals surface area contributed by atoms with Crippen molar-refractivity contribution in [1.82, 2.24) is 0 Å². The van der Waals surface area contributed by atoms with E-state index in [1.54, 1.807) is 42.5 Å². The number of sulfonamides is 1. The summed E-state index contributed by atoms with van der Waals surface area (Å²) in [6.45, 7) is 0. The number of hydrogen-bond acceptors (Lipinski definition) is 3. The van der Waals surface area contributed by atoms with Gasteiger partial charge in [-0.2, -0.15) is 0 Å². The summed E-state index contributed by atoms with van der Waals surface area (Å²) in [5, 5.41) is 10.1. The van der Waals surface area contributed by atoms with Crippen LogP contribution in [-0.4, -0.2) is 19.5 Å². The molecule has 0 aromatic heterocycles. The third kappa shape index (κ3) is 4.66. The Morgan fingerprint density at radius 3 is 1.88 bits per heavy atom. The van der Waals surface area contributed by atoms with E-state index in [-0.39, 0.29) is 16.1 Å². The van der Waals surface area contributed by atoms with Crippen LogP contribution in [0.15, 0.2) is 102 Å². The quantitative estimate of drug-likeness (QED) is 0.358. The van der Waals surface area contributed by atoms with Gasteiger partial charge in [-0.15, -0.1) is 0 Å². The maximum Gasteiger partial charge on any atom is 0.337 e. The highest BCUT2D eigenvalue weighted by atomic mass is 35.5. The van der Waals surface area contributed by atoms with Crippen LogP contribution in [0.4, 0.5) is 5.69 Å². The normalized spacial score (nSPS) is 11.2. The maximum atomic E-state index is 13.0. The van der Waals surface area contributed by atoms with Gasteiger partial charge in [0.25, 0.3) is 10.0 Å². The highest BCUT2D eigenvalue weighted by Crippen LogP contribution is 2.29. The smallest absolute Gasteiger partial charge is 0.337 e. The maximum absolute atomic E-state index is 13.0. The van der Waals surface area contributed by atoms with Crippen LogP contribution in [0.3, 0.4) is 0 Å². The molecule has 4 aromatic rings. The monoisotopic (exact) mass is 463 g/mol. The lowest BCUT2D eigenvalue weighted by molar-refractivity contribution is 0.0698. The second-order valence-corrected chi connectivity index (χ2v) is 9.19. The van der Waals surface area contributed by atoms with Crippen LogP contribution in [0.5, 0.6) is 0 Å². The Hall–Kier alpha value is -3.61. The van der Waals surface area contributed by atoms with Gasteiger partial charge in [0.2, 0.25) is 0 Å². The molecule has 4 aromatic carbocycles. The Bertz CT molecular complexity index is 1370. The van der Waals surface area contributed by atoms with Gasteiger partial charge in [-0.25, -0.2) is 13.2 Å². The zero-order valence-electron chi connectivity index (χ0n) is 16.7. The SMILES string of the molecule is O=C(O)c1ccc(-c2ccc(Cl)cc2)cc1NS(=O)(=O)c1ccc(-c2ccccc2)cc1. The third-order valence-corrected chi connectivity index (χ3v) is 6.58. The molecule has 0 unspecified atom stereocenters. The highest BCUT2D eigenvalue weighted by Gasteiger charge is 2.19. The first-order valence-electron chi connectivity index (χ1n) is 9.65. The molecular formula is C25H18ClNO4S. The van der Waals surface area contributed by atoms with Gasteiger partial charge in [0.05, 0.1) is 16.1 Å². The Balaban J connectivity index is 1.67. The zero-order valence-corrected chi connectivity index (χ0v) is 18.3. The van der Waals surface area contributed by atoms with Gasteiger partial charge in [-0.1, -0.05) is 72.3 Å². The van der Waals surface area contributed by atoms with E-state index >= 15 is 0 Å². The molecule has 32 heavy (non-hydrogen) atoms. The van der Waals surface area contributed by atoms with Crippen molar-refractivity contribution >= 4 is 33.3 Å². The fourth-order valence-corrected chi connectivity index (χ4v) is 4.49. The summed E-state index contributed by atoms with van der Waals surface area (Å²) >= 11 is 5.93.